The summed E-state index contributed by atoms with van der Waals surface area (Å²) in [5, 5.41) is 0. The van der Waals surface area contributed by atoms with Crippen LogP contribution < -0.4 is 4.90 Å². The number of rotatable bonds is 0. The first-order valence-corrected chi connectivity index (χ1v) is 4.91. The Kier molecular flexibility index (Phi) is 1.54. The first kappa shape index (κ1) is 7.85. The van der Waals surface area contributed by atoms with E-state index >= 15 is 0 Å². The highest BCUT2D eigenvalue weighted by molar-refractivity contribution is 5.92. The summed E-state index contributed by atoms with van der Waals surface area (Å²) in [4.78, 5) is 13.2. The van der Waals surface area contributed by atoms with Crippen molar-refractivity contribution in [2.24, 2.45) is 0 Å². The molecular weight excluding hydrogens is 178 g/mol. The lowest BCUT2D eigenvalue weighted by Crippen LogP contribution is -2.39. The fraction of sp³-hybridized carbons (Fsp3) is 0.364. The average Bonchev–Trinajstić information content (AvgIpc) is 2.24. The number of anilines is 1. The number of aryl methyl sites for hydroxylation is 1. The zero-order valence-corrected chi connectivity index (χ0v) is 7.82. The molecular formula is C11H11NO2. The number of carbonyl (C=O) groups is 1. The summed E-state index contributed by atoms with van der Waals surface area (Å²) in [6.07, 6.45) is 1.92. The van der Waals surface area contributed by atoms with Crippen LogP contribution in [0.25, 0.3) is 0 Å². The summed E-state index contributed by atoms with van der Waals surface area (Å²) in [6, 6.07) is 6.17. The van der Waals surface area contributed by atoms with E-state index in [2.05, 4.69) is 6.07 Å². The maximum Gasteiger partial charge on any atom is 0.414 e. The van der Waals surface area contributed by atoms with Crippen LogP contribution in [0.2, 0.25) is 0 Å². The molecule has 0 N–H and O–H groups in total. The number of hydrogen-bond acceptors (Lipinski definition) is 2. The second-order valence-electron chi connectivity index (χ2n) is 3.73. The quantitative estimate of drug-likeness (QED) is 0.625. The van der Waals surface area contributed by atoms with Gasteiger partial charge in [0, 0.05) is 12.1 Å². The Morgan fingerprint density at radius 2 is 2.14 bits per heavy atom. The smallest absolute Gasteiger partial charge is 0.414 e. The Hall–Kier alpha value is -1.51. The Labute approximate surface area is 82.3 Å². The second-order valence-corrected chi connectivity index (χ2v) is 3.73. The Bertz CT molecular complexity index is 386. The fourth-order valence-corrected chi connectivity index (χ4v) is 2.25. The molecule has 0 bridgehead atoms. The summed E-state index contributed by atoms with van der Waals surface area (Å²) in [5.41, 5.74) is 3.53. The fourth-order valence-electron chi connectivity index (χ4n) is 2.25. The van der Waals surface area contributed by atoms with Crippen LogP contribution in [0.1, 0.15) is 17.5 Å². The number of hydrogen-bond donors (Lipinski definition) is 0. The molecule has 3 rings (SSSR count). The van der Waals surface area contributed by atoms with E-state index in [9.17, 15) is 4.79 Å². The molecule has 3 heteroatoms. The molecule has 0 radical (unpaired) electrons. The van der Waals surface area contributed by atoms with E-state index < -0.39 is 0 Å². The highest BCUT2D eigenvalue weighted by Gasteiger charge is 2.29. The van der Waals surface area contributed by atoms with Gasteiger partial charge in [-0.25, -0.2) is 4.79 Å². The number of cyclic esters (lactones) is 1. The van der Waals surface area contributed by atoms with Gasteiger partial charge in [0.05, 0.1) is 5.69 Å². The van der Waals surface area contributed by atoms with E-state index in [0.717, 1.165) is 30.6 Å². The van der Waals surface area contributed by atoms with Gasteiger partial charge < -0.3 is 4.74 Å². The maximum atomic E-state index is 11.5. The van der Waals surface area contributed by atoms with E-state index in [-0.39, 0.29) is 6.09 Å². The number of ether oxygens (including phenoxy) is 1. The predicted octanol–water partition coefficient (Wildman–Crippen LogP) is 2.09. The lowest BCUT2D eigenvalue weighted by molar-refractivity contribution is 0.141. The third-order valence-corrected chi connectivity index (χ3v) is 2.87. The van der Waals surface area contributed by atoms with Crippen molar-refractivity contribution in [3.05, 3.63) is 29.3 Å². The number of nitrogens with zero attached hydrogens (tertiary/aromatic N) is 1. The molecule has 1 aromatic carbocycles. The third-order valence-electron chi connectivity index (χ3n) is 2.87. The molecule has 2 aliphatic heterocycles. The number of carbonyl (C=O) groups excluding carboxylic acids is 1. The highest BCUT2D eigenvalue weighted by Crippen LogP contribution is 2.34. The van der Waals surface area contributed by atoms with Crippen LogP contribution in [0.5, 0.6) is 0 Å². The van der Waals surface area contributed by atoms with Gasteiger partial charge in [-0.1, -0.05) is 18.2 Å². The van der Waals surface area contributed by atoms with Crippen LogP contribution in [0.4, 0.5) is 10.5 Å². The molecule has 0 saturated heterocycles. The van der Waals surface area contributed by atoms with E-state index in [1.165, 1.54) is 5.56 Å². The van der Waals surface area contributed by atoms with E-state index in [4.69, 9.17) is 4.74 Å². The lowest BCUT2D eigenvalue weighted by atomic mass is 9.97. The average molecular weight is 189 g/mol. The van der Waals surface area contributed by atoms with Crippen molar-refractivity contribution in [2.45, 2.75) is 19.4 Å². The van der Waals surface area contributed by atoms with Crippen molar-refractivity contribution in [2.75, 3.05) is 11.4 Å². The van der Waals surface area contributed by atoms with Crippen molar-refractivity contribution < 1.29 is 9.53 Å². The van der Waals surface area contributed by atoms with Gasteiger partial charge in [-0.05, 0) is 18.4 Å². The molecule has 2 heterocycles. The Morgan fingerprint density at radius 3 is 3.07 bits per heavy atom. The van der Waals surface area contributed by atoms with Crippen molar-refractivity contribution >= 4 is 11.8 Å². The molecule has 0 spiro atoms. The van der Waals surface area contributed by atoms with Crippen molar-refractivity contribution in [1.82, 2.24) is 0 Å². The standard InChI is InChI=1S/C11H11NO2/c13-11-12-6-2-5-8-3-1-4-9(7-14-11)10(8)12/h1,3-4H,2,5-7H2. The van der Waals surface area contributed by atoms with Crippen molar-refractivity contribution in [1.29, 1.82) is 0 Å². The first-order chi connectivity index (χ1) is 6.86. The van der Waals surface area contributed by atoms with Gasteiger partial charge in [0.2, 0.25) is 0 Å². The summed E-state index contributed by atoms with van der Waals surface area (Å²) in [6.45, 7) is 1.22. The van der Waals surface area contributed by atoms with Crippen LogP contribution in [0, 0.1) is 0 Å². The predicted molar refractivity (Wildman–Crippen MR) is 52.3 cm³/mol. The normalized spacial score (nSPS) is 18.9. The minimum Gasteiger partial charge on any atom is -0.444 e. The molecule has 0 aromatic heterocycles. The van der Waals surface area contributed by atoms with E-state index in [1.807, 2.05) is 12.1 Å². The van der Waals surface area contributed by atoms with Crippen LogP contribution in [-0.2, 0) is 17.8 Å². The summed E-state index contributed by atoms with van der Waals surface area (Å²) >= 11 is 0. The van der Waals surface area contributed by atoms with Gasteiger partial charge in [-0.2, -0.15) is 0 Å². The van der Waals surface area contributed by atoms with Crippen LogP contribution >= 0.6 is 0 Å². The van der Waals surface area contributed by atoms with Gasteiger partial charge in [-0.3, -0.25) is 4.90 Å². The Morgan fingerprint density at radius 1 is 1.29 bits per heavy atom. The molecule has 1 amide bonds. The summed E-state index contributed by atoms with van der Waals surface area (Å²) in [5.74, 6) is 0. The second kappa shape index (κ2) is 2.74. The molecule has 3 nitrogen and oxygen atoms in total. The van der Waals surface area contributed by atoms with Crippen LogP contribution in [0.15, 0.2) is 18.2 Å². The zero-order chi connectivity index (χ0) is 9.54. The van der Waals surface area contributed by atoms with Gasteiger partial charge in [0.1, 0.15) is 6.61 Å². The Balaban J connectivity index is 2.21. The number of amides is 1. The largest absolute Gasteiger partial charge is 0.444 e. The molecule has 0 atom stereocenters. The zero-order valence-electron chi connectivity index (χ0n) is 7.82. The minimum absolute atomic E-state index is 0.190. The molecule has 0 fully saturated rings. The summed E-state index contributed by atoms with van der Waals surface area (Å²) in [7, 11) is 0. The highest BCUT2D eigenvalue weighted by atomic mass is 16.6. The molecule has 14 heavy (non-hydrogen) atoms. The third kappa shape index (κ3) is 0.953. The lowest BCUT2D eigenvalue weighted by Gasteiger charge is -2.34. The molecule has 0 saturated carbocycles. The van der Waals surface area contributed by atoms with Crippen LogP contribution in [-0.4, -0.2) is 12.6 Å². The topological polar surface area (TPSA) is 29.5 Å². The number of benzene rings is 1. The molecule has 0 aliphatic carbocycles. The summed E-state index contributed by atoms with van der Waals surface area (Å²) < 4.78 is 5.08. The molecule has 72 valence electrons. The maximum absolute atomic E-state index is 11.5. The first-order valence-electron chi connectivity index (χ1n) is 4.91. The van der Waals surface area contributed by atoms with Gasteiger partial charge in [0.15, 0.2) is 0 Å². The van der Waals surface area contributed by atoms with E-state index in [0.29, 0.717) is 6.61 Å². The molecule has 0 unspecified atom stereocenters. The number of para-hydroxylation sites is 1. The van der Waals surface area contributed by atoms with Gasteiger partial charge in [0.25, 0.3) is 0 Å². The van der Waals surface area contributed by atoms with Crippen molar-refractivity contribution in [3.8, 4) is 0 Å². The monoisotopic (exact) mass is 189 g/mol. The minimum atomic E-state index is -0.190. The van der Waals surface area contributed by atoms with Crippen LogP contribution in [0.3, 0.4) is 0 Å². The van der Waals surface area contributed by atoms with Crippen molar-refractivity contribution in [3.63, 3.8) is 0 Å². The van der Waals surface area contributed by atoms with E-state index in [1.54, 1.807) is 4.90 Å². The molecule has 2 aliphatic rings. The molecule has 1 aromatic rings. The van der Waals surface area contributed by atoms with Gasteiger partial charge >= 0.3 is 6.09 Å². The SMILES string of the molecule is O=C1OCc2cccc3c2N1CCC3. The van der Waals surface area contributed by atoms with Gasteiger partial charge in [-0.15, -0.1) is 0 Å².